The molecular weight excluding hydrogens is 261 g/mol. The summed E-state index contributed by atoms with van der Waals surface area (Å²) in [4.78, 5) is 0. The number of hydrogen-bond donors (Lipinski definition) is 1. The molecule has 3 nitrogen and oxygen atoms in total. The summed E-state index contributed by atoms with van der Waals surface area (Å²) in [7, 11) is 0. The molecule has 0 saturated heterocycles. The number of hydrogen-bond acceptors (Lipinski definition) is 3. The average molecular weight is 278 g/mol. The summed E-state index contributed by atoms with van der Waals surface area (Å²) in [5.74, 6) is 0.569. The molecule has 0 aliphatic heterocycles. The predicted molar refractivity (Wildman–Crippen MR) is 64.2 cm³/mol. The third kappa shape index (κ3) is 5.94. The van der Waals surface area contributed by atoms with Gasteiger partial charge in [-0.1, -0.05) is 6.07 Å². The van der Waals surface area contributed by atoms with Crippen LogP contribution in [0.1, 0.15) is 24.2 Å². The Labute approximate surface area is 110 Å². The molecule has 0 radical (unpaired) electrons. The first-order valence-electron chi connectivity index (χ1n) is 5.85. The van der Waals surface area contributed by atoms with Gasteiger partial charge in [-0.3, -0.25) is 0 Å². The fourth-order valence-corrected chi connectivity index (χ4v) is 1.49. The average Bonchev–Trinajstić information content (AvgIpc) is 2.28. The van der Waals surface area contributed by atoms with E-state index in [1.807, 2.05) is 0 Å². The Morgan fingerprint density at radius 1 is 1.26 bits per heavy atom. The molecule has 0 aromatic heterocycles. The van der Waals surface area contributed by atoms with Crippen LogP contribution in [0.2, 0.25) is 0 Å². The number of rotatable bonds is 6. The van der Waals surface area contributed by atoms with Gasteiger partial charge in [0, 0.05) is 0 Å². The van der Waals surface area contributed by atoms with Crippen molar-refractivity contribution in [1.29, 1.82) is 0 Å². The van der Waals surface area contributed by atoms with E-state index in [1.54, 1.807) is 32.0 Å². The van der Waals surface area contributed by atoms with E-state index in [0.717, 1.165) is 11.1 Å². The Kier molecular flexibility index (Phi) is 5.62. The van der Waals surface area contributed by atoms with Gasteiger partial charge in [0.05, 0.1) is 12.7 Å². The molecule has 1 aromatic rings. The second kappa shape index (κ2) is 6.77. The minimum Gasteiger partial charge on any atom is -0.491 e. The zero-order valence-corrected chi connectivity index (χ0v) is 10.8. The van der Waals surface area contributed by atoms with Gasteiger partial charge in [0.2, 0.25) is 0 Å². The number of aliphatic hydroxyl groups is 1. The largest absolute Gasteiger partial charge is 0.491 e. The molecular formula is C13H17F3O3. The number of aryl methyl sites for hydroxylation is 1. The molecule has 0 fully saturated rings. The van der Waals surface area contributed by atoms with Crippen molar-refractivity contribution >= 4 is 0 Å². The molecule has 0 aliphatic rings. The summed E-state index contributed by atoms with van der Waals surface area (Å²) in [6, 6.07) is 5.17. The van der Waals surface area contributed by atoms with Crippen LogP contribution in [-0.2, 0) is 4.74 Å². The second-order valence-electron chi connectivity index (χ2n) is 4.22. The number of alkyl halides is 3. The van der Waals surface area contributed by atoms with Gasteiger partial charge in [-0.05, 0) is 37.1 Å². The van der Waals surface area contributed by atoms with E-state index in [-0.39, 0.29) is 13.2 Å². The predicted octanol–water partition coefficient (Wildman–Crippen LogP) is 3.01. The summed E-state index contributed by atoms with van der Waals surface area (Å²) in [5, 5.41) is 9.39. The van der Waals surface area contributed by atoms with Crippen LogP contribution in [0, 0.1) is 6.92 Å². The fraction of sp³-hybridized carbons (Fsp3) is 0.538. The van der Waals surface area contributed by atoms with Gasteiger partial charge in [0.25, 0.3) is 0 Å². The van der Waals surface area contributed by atoms with Gasteiger partial charge >= 0.3 is 6.18 Å². The molecule has 0 aliphatic carbocycles. The lowest BCUT2D eigenvalue weighted by Gasteiger charge is -2.12. The molecule has 0 spiro atoms. The smallest absolute Gasteiger partial charge is 0.411 e. The van der Waals surface area contributed by atoms with Crippen LogP contribution < -0.4 is 4.74 Å². The standard InChI is InChI=1S/C13H17F3O3/c1-9-7-11(10(2)17)3-4-12(9)19-6-5-18-8-13(14,15)16/h3-4,7,10,17H,5-6,8H2,1-2H3/t10-/m1/s1. The molecule has 19 heavy (non-hydrogen) atoms. The molecule has 0 amide bonds. The fourth-order valence-electron chi connectivity index (χ4n) is 1.49. The summed E-state index contributed by atoms with van der Waals surface area (Å²) >= 11 is 0. The van der Waals surface area contributed by atoms with Gasteiger partial charge in [-0.15, -0.1) is 0 Å². The zero-order chi connectivity index (χ0) is 14.5. The van der Waals surface area contributed by atoms with Crippen LogP contribution >= 0.6 is 0 Å². The third-order valence-electron chi connectivity index (χ3n) is 2.43. The maximum absolute atomic E-state index is 11.8. The Bertz CT molecular complexity index is 403. The van der Waals surface area contributed by atoms with Crippen molar-refractivity contribution in [3.63, 3.8) is 0 Å². The molecule has 1 atom stereocenters. The Morgan fingerprint density at radius 2 is 1.95 bits per heavy atom. The van der Waals surface area contributed by atoms with Crippen LogP contribution in [0.5, 0.6) is 5.75 Å². The van der Waals surface area contributed by atoms with E-state index in [0.29, 0.717) is 5.75 Å². The number of halogens is 3. The van der Waals surface area contributed by atoms with Crippen molar-refractivity contribution in [2.24, 2.45) is 0 Å². The topological polar surface area (TPSA) is 38.7 Å². The zero-order valence-electron chi connectivity index (χ0n) is 10.8. The molecule has 108 valence electrons. The lowest BCUT2D eigenvalue weighted by atomic mass is 10.1. The third-order valence-corrected chi connectivity index (χ3v) is 2.43. The highest BCUT2D eigenvalue weighted by atomic mass is 19.4. The Hall–Kier alpha value is -1.27. The van der Waals surface area contributed by atoms with Gasteiger partial charge in [0.1, 0.15) is 19.0 Å². The molecule has 0 heterocycles. The van der Waals surface area contributed by atoms with Gasteiger partial charge in [0.15, 0.2) is 0 Å². The normalized spacial score (nSPS) is 13.4. The van der Waals surface area contributed by atoms with Gasteiger partial charge in [-0.25, -0.2) is 0 Å². The van der Waals surface area contributed by atoms with E-state index in [9.17, 15) is 18.3 Å². The maximum atomic E-state index is 11.8. The van der Waals surface area contributed by atoms with Crippen LogP contribution in [-0.4, -0.2) is 31.1 Å². The molecule has 0 saturated carbocycles. The molecule has 1 rings (SSSR count). The first kappa shape index (κ1) is 15.8. The van der Waals surface area contributed by atoms with E-state index in [1.165, 1.54) is 0 Å². The van der Waals surface area contributed by atoms with Crippen LogP contribution in [0.4, 0.5) is 13.2 Å². The highest BCUT2D eigenvalue weighted by Crippen LogP contribution is 2.22. The van der Waals surface area contributed by atoms with Crippen LogP contribution in [0.15, 0.2) is 18.2 Å². The van der Waals surface area contributed by atoms with Gasteiger partial charge < -0.3 is 14.6 Å². The molecule has 6 heteroatoms. The molecule has 0 unspecified atom stereocenters. The Balaban J connectivity index is 2.38. The first-order valence-corrected chi connectivity index (χ1v) is 5.85. The first-order chi connectivity index (χ1) is 8.79. The molecule has 1 N–H and O–H groups in total. The van der Waals surface area contributed by atoms with E-state index < -0.39 is 18.9 Å². The summed E-state index contributed by atoms with van der Waals surface area (Å²) in [6.45, 7) is 2.11. The number of aliphatic hydroxyl groups excluding tert-OH is 1. The van der Waals surface area contributed by atoms with Crippen molar-refractivity contribution in [3.05, 3.63) is 29.3 Å². The highest BCUT2D eigenvalue weighted by Gasteiger charge is 2.27. The minimum absolute atomic E-state index is 0.0466. The van der Waals surface area contributed by atoms with Crippen molar-refractivity contribution in [2.45, 2.75) is 26.1 Å². The van der Waals surface area contributed by atoms with Gasteiger partial charge in [-0.2, -0.15) is 13.2 Å². The van der Waals surface area contributed by atoms with E-state index in [2.05, 4.69) is 4.74 Å². The van der Waals surface area contributed by atoms with Crippen molar-refractivity contribution in [3.8, 4) is 5.75 Å². The highest BCUT2D eigenvalue weighted by molar-refractivity contribution is 5.36. The monoisotopic (exact) mass is 278 g/mol. The number of benzene rings is 1. The number of ether oxygens (including phenoxy) is 2. The summed E-state index contributed by atoms with van der Waals surface area (Å²) in [6.07, 6.45) is -4.88. The van der Waals surface area contributed by atoms with Crippen LogP contribution in [0.25, 0.3) is 0 Å². The lowest BCUT2D eigenvalue weighted by Crippen LogP contribution is -2.19. The lowest BCUT2D eigenvalue weighted by molar-refractivity contribution is -0.175. The molecule has 1 aromatic carbocycles. The maximum Gasteiger partial charge on any atom is 0.411 e. The SMILES string of the molecule is Cc1cc([C@@H](C)O)ccc1OCCOCC(F)(F)F. The summed E-state index contributed by atoms with van der Waals surface area (Å²) in [5.41, 5.74) is 1.58. The van der Waals surface area contributed by atoms with Crippen molar-refractivity contribution in [2.75, 3.05) is 19.8 Å². The van der Waals surface area contributed by atoms with Crippen LogP contribution in [0.3, 0.4) is 0 Å². The van der Waals surface area contributed by atoms with E-state index >= 15 is 0 Å². The van der Waals surface area contributed by atoms with Crippen molar-refractivity contribution in [1.82, 2.24) is 0 Å². The second-order valence-corrected chi connectivity index (χ2v) is 4.22. The minimum atomic E-state index is -4.31. The summed E-state index contributed by atoms with van der Waals surface area (Å²) < 4.78 is 45.1. The van der Waals surface area contributed by atoms with E-state index in [4.69, 9.17) is 4.74 Å². The quantitative estimate of drug-likeness (QED) is 0.813. The van der Waals surface area contributed by atoms with Crippen molar-refractivity contribution < 1.29 is 27.8 Å². The Morgan fingerprint density at radius 3 is 2.47 bits per heavy atom. The molecule has 0 bridgehead atoms.